The van der Waals surface area contributed by atoms with Gasteiger partial charge in [0.1, 0.15) is 12.1 Å². The fourth-order valence-electron chi connectivity index (χ4n) is 2.32. The molecule has 0 radical (unpaired) electrons. The highest BCUT2D eigenvalue weighted by Crippen LogP contribution is 2.07. The van der Waals surface area contributed by atoms with E-state index in [1.165, 1.54) is 13.8 Å². The second-order valence-electron chi connectivity index (χ2n) is 7.76. The van der Waals surface area contributed by atoms with Crippen LogP contribution in [0, 0.1) is 11.8 Å². The quantitative estimate of drug-likeness (QED) is 0.256. The number of aliphatic hydroxyl groups excluding tert-OH is 1. The average Bonchev–Trinajstić information content (AvgIpc) is 2.56. The zero-order valence-corrected chi connectivity index (χ0v) is 17.4. The van der Waals surface area contributed by atoms with Crippen LogP contribution in [-0.2, 0) is 19.2 Å². The lowest BCUT2D eigenvalue weighted by Crippen LogP contribution is -2.58. The molecule has 28 heavy (non-hydrogen) atoms. The second-order valence-corrected chi connectivity index (χ2v) is 7.76. The van der Waals surface area contributed by atoms with Crippen LogP contribution in [0.5, 0.6) is 0 Å². The zero-order chi connectivity index (χ0) is 22.2. The van der Waals surface area contributed by atoms with Crippen molar-refractivity contribution in [1.82, 2.24) is 16.0 Å². The number of carbonyl (C=O) groups excluding carboxylic acids is 3. The average molecular weight is 402 g/mol. The summed E-state index contributed by atoms with van der Waals surface area (Å²) in [6.07, 6.45) is -1.07. The van der Waals surface area contributed by atoms with Crippen LogP contribution in [0.25, 0.3) is 0 Å². The molecule has 0 aromatic carbocycles. The van der Waals surface area contributed by atoms with Crippen LogP contribution in [0.15, 0.2) is 0 Å². The van der Waals surface area contributed by atoms with Gasteiger partial charge in [0.15, 0.2) is 6.04 Å². The number of nitrogens with two attached hydrogens (primary N) is 1. The predicted molar refractivity (Wildman–Crippen MR) is 103 cm³/mol. The van der Waals surface area contributed by atoms with E-state index in [0.29, 0.717) is 0 Å². The lowest BCUT2D eigenvalue weighted by atomic mass is 10.0. The van der Waals surface area contributed by atoms with Crippen molar-refractivity contribution in [3.8, 4) is 0 Å². The Morgan fingerprint density at radius 1 is 0.857 bits per heavy atom. The van der Waals surface area contributed by atoms with Gasteiger partial charge in [-0.25, -0.2) is 4.79 Å². The van der Waals surface area contributed by atoms with E-state index in [-0.39, 0.29) is 18.3 Å². The van der Waals surface area contributed by atoms with Crippen LogP contribution in [0.1, 0.15) is 48.0 Å². The van der Waals surface area contributed by atoms with Crippen LogP contribution in [0.4, 0.5) is 0 Å². The van der Waals surface area contributed by atoms with E-state index in [0.717, 1.165) is 0 Å². The Morgan fingerprint density at radius 2 is 1.39 bits per heavy atom. The maximum Gasteiger partial charge on any atom is 0.328 e. The molecular formula is C18H34N4O6. The van der Waals surface area contributed by atoms with Gasteiger partial charge in [0.05, 0.1) is 12.1 Å². The highest BCUT2D eigenvalue weighted by molar-refractivity contribution is 5.94. The van der Waals surface area contributed by atoms with Crippen molar-refractivity contribution in [2.24, 2.45) is 17.6 Å². The van der Waals surface area contributed by atoms with E-state index in [9.17, 15) is 24.3 Å². The fraction of sp³-hybridized carbons (Fsp3) is 0.778. The van der Waals surface area contributed by atoms with Crippen molar-refractivity contribution in [2.45, 2.75) is 78.2 Å². The van der Waals surface area contributed by atoms with Gasteiger partial charge in [-0.1, -0.05) is 27.7 Å². The normalized spacial score (nSPS) is 16.6. The van der Waals surface area contributed by atoms with Crippen molar-refractivity contribution in [3.05, 3.63) is 0 Å². The summed E-state index contributed by atoms with van der Waals surface area (Å²) in [5, 5.41) is 25.9. The molecule has 0 aromatic heterocycles. The molecule has 7 N–H and O–H groups in total. The van der Waals surface area contributed by atoms with E-state index in [1.54, 1.807) is 13.8 Å². The molecule has 0 rings (SSSR count). The molecule has 0 aliphatic rings. The standard InChI is InChI=1S/C18H34N4O6/c1-8(2)7-12(16(25)22-14(11(6)23)18(27)28)21-15(24)10(5)20-17(26)13(19)9(3)4/h8-14,23H,7,19H2,1-6H3,(H,20,26)(H,21,24)(H,22,25)(H,27,28). The smallest absolute Gasteiger partial charge is 0.328 e. The van der Waals surface area contributed by atoms with Gasteiger partial charge in [-0.15, -0.1) is 0 Å². The summed E-state index contributed by atoms with van der Waals surface area (Å²) in [6.45, 7) is 9.93. The van der Waals surface area contributed by atoms with E-state index in [1.807, 2.05) is 13.8 Å². The molecule has 10 nitrogen and oxygen atoms in total. The molecule has 0 heterocycles. The Morgan fingerprint density at radius 3 is 1.79 bits per heavy atom. The molecule has 0 aliphatic heterocycles. The minimum absolute atomic E-state index is 0.0186. The van der Waals surface area contributed by atoms with Crippen LogP contribution < -0.4 is 21.7 Å². The minimum Gasteiger partial charge on any atom is -0.480 e. The molecule has 162 valence electrons. The summed E-state index contributed by atoms with van der Waals surface area (Å²) in [7, 11) is 0. The van der Waals surface area contributed by atoms with Crippen molar-refractivity contribution in [3.63, 3.8) is 0 Å². The highest BCUT2D eigenvalue weighted by Gasteiger charge is 2.31. The molecule has 0 spiro atoms. The Kier molecular flexibility index (Phi) is 10.7. The number of hydrogen-bond donors (Lipinski definition) is 6. The first-order chi connectivity index (χ1) is 12.8. The fourth-order valence-corrected chi connectivity index (χ4v) is 2.32. The topological polar surface area (TPSA) is 171 Å². The van der Waals surface area contributed by atoms with E-state index in [4.69, 9.17) is 10.8 Å². The number of carbonyl (C=O) groups is 4. The molecule has 5 unspecified atom stereocenters. The lowest BCUT2D eigenvalue weighted by Gasteiger charge is -2.25. The van der Waals surface area contributed by atoms with Crippen LogP contribution in [0.3, 0.4) is 0 Å². The van der Waals surface area contributed by atoms with Gasteiger partial charge in [-0.3, -0.25) is 14.4 Å². The maximum atomic E-state index is 12.5. The lowest BCUT2D eigenvalue weighted by molar-refractivity contribution is -0.145. The summed E-state index contributed by atoms with van der Waals surface area (Å²) < 4.78 is 0. The first-order valence-corrected chi connectivity index (χ1v) is 9.35. The Hall–Kier alpha value is -2.20. The molecule has 0 aromatic rings. The predicted octanol–water partition coefficient (Wildman–Crippen LogP) is -1.04. The molecule has 0 saturated carbocycles. The van der Waals surface area contributed by atoms with Crippen molar-refractivity contribution >= 4 is 23.7 Å². The molecule has 3 amide bonds. The maximum absolute atomic E-state index is 12.5. The molecule has 0 saturated heterocycles. The van der Waals surface area contributed by atoms with Crippen molar-refractivity contribution < 1.29 is 29.4 Å². The van der Waals surface area contributed by atoms with Gasteiger partial charge in [0, 0.05) is 0 Å². The van der Waals surface area contributed by atoms with Gasteiger partial charge < -0.3 is 31.9 Å². The number of aliphatic carboxylic acids is 1. The van der Waals surface area contributed by atoms with Crippen LogP contribution in [0.2, 0.25) is 0 Å². The first-order valence-electron chi connectivity index (χ1n) is 9.35. The molecular weight excluding hydrogens is 368 g/mol. The first kappa shape index (κ1) is 25.8. The number of carboxylic acid groups (broad SMARTS) is 1. The van der Waals surface area contributed by atoms with Crippen LogP contribution >= 0.6 is 0 Å². The second kappa shape index (κ2) is 11.6. The van der Waals surface area contributed by atoms with E-state index >= 15 is 0 Å². The molecule has 0 bridgehead atoms. The van der Waals surface area contributed by atoms with Gasteiger partial charge in [0.25, 0.3) is 0 Å². The van der Waals surface area contributed by atoms with E-state index in [2.05, 4.69) is 16.0 Å². The zero-order valence-electron chi connectivity index (χ0n) is 17.4. The van der Waals surface area contributed by atoms with Crippen molar-refractivity contribution in [1.29, 1.82) is 0 Å². The number of amides is 3. The number of rotatable bonds is 11. The molecule has 5 atom stereocenters. The summed E-state index contributed by atoms with van der Waals surface area (Å²) >= 11 is 0. The molecule has 0 fully saturated rings. The largest absolute Gasteiger partial charge is 0.480 e. The minimum atomic E-state index is -1.50. The van der Waals surface area contributed by atoms with Gasteiger partial charge >= 0.3 is 5.97 Å². The van der Waals surface area contributed by atoms with Gasteiger partial charge in [-0.05, 0) is 32.1 Å². The van der Waals surface area contributed by atoms with E-state index < -0.39 is 54.0 Å². The van der Waals surface area contributed by atoms with Crippen molar-refractivity contribution in [2.75, 3.05) is 0 Å². The summed E-state index contributed by atoms with van der Waals surface area (Å²) in [5.74, 6) is -3.29. The van der Waals surface area contributed by atoms with Crippen LogP contribution in [-0.4, -0.2) is 64.2 Å². The third-order valence-electron chi connectivity index (χ3n) is 4.16. The summed E-state index contributed by atoms with van der Waals surface area (Å²) in [6, 6.07) is -4.23. The third kappa shape index (κ3) is 8.66. The Labute approximate surface area is 165 Å². The highest BCUT2D eigenvalue weighted by atomic mass is 16.4. The number of aliphatic hydroxyl groups is 1. The third-order valence-corrected chi connectivity index (χ3v) is 4.16. The number of carboxylic acids is 1. The Balaban J connectivity index is 5.12. The number of hydrogen-bond acceptors (Lipinski definition) is 6. The van der Waals surface area contributed by atoms with Gasteiger partial charge in [-0.2, -0.15) is 0 Å². The monoisotopic (exact) mass is 402 g/mol. The summed E-state index contributed by atoms with van der Waals surface area (Å²) in [4.78, 5) is 48.1. The molecule has 10 heteroatoms. The van der Waals surface area contributed by atoms with Gasteiger partial charge in [0.2, 0.25) is 17.7 Å². The SMILES string of the molecule is CC(C)CC(NC(=O)C(C)NC(=O)C(N)C(C)C)C(=O)NC(C(=O)O)C(C)O. The Bertz CT molecular complexity index is 564. The summed E-state index contributed by atoms with van der Waals surface area (Å²) in [5.41, 5.74) is 5.75. The molecule has 0 aliphatic carbocycles. The number of nitrogens with one attached hydrogen (secondary N) is 3.